The smallest absolute Gasteiger partial charge is 0.332 e. The molecular weight excluding hydrogens is 178 g/mol. The molecule has 0 saturated carbocycles. The van der Waals surface area contributed by atoms with Crippen LogP contribution in [0.1, 0.15) is 18.1 Å². The van der Waals surface area contributed by atoms with Crippen LogP contribution in [-0.4, -0.2) is 11.7 Å². The van der Waals surface area contributed by atoms with Crippen molar-refractivity contribution in [2.24, 2.45) is 10.8 Å². The SMILES string of the molecule is C/C(=N/NC(N)=O)c1ccccc1C. The van der Waals surface area contributed by atoms with Crippen molar-refractivity contribution in [3.63, 3.8) is 0 Å². The topological polar surface area (TPSA) is 67.5 Å². The van der Waals surface area contributed by atoms with Gasteiger partial charge in [-0.05, 0) is 19.4 Å². The fraction of sp³-hybridized carbons (Fsp3) is 0.200. The molecule has 0 spiro atoms. The van der Waals surface area contributed by atoms with E-state index in [1.807, 2.05) is 38.1 Å². The number of hydrogen-bond donors (Lipinski definition) is 2. The number of aryl methyl sites for hydroxylation is 1. The first-order chi connectivity index (χ1) is 6.61. The Bertz CT molecular complexity index is 371. The molecule has 14 heavy (non-hydrogen) atoms. The molecule has 4 nitrogen and oxygen atoms in total. The fourth-order valence-electron chi connectivity index (χ4n) is 1.18. The largest absolute Gasteiger partial charge is 0.350 e. The van der Waals surface area contributed by atoms with Gasteiger partial charge in [-0.1, -0.05) is 24.3 Å². The zero-order chi connectivity index (χ0) is 10.6. The summed E-state index contributed by atoms with van der Waals surface area (Å²) in [5, 5.41) is 3.85. The molecule has 1 aromatic carbocycles. The summed E-state index contributed by atoms with van der Waals surface area (Å²) in [6, 6.07) is 7.15. The first-order valence-electron chi connectivity index (χ1n) is 4.27. The lowest BCUT2D eigenvalue weighted by atomic mass is 10.1. The summed E-state index contributed by atoms with van der Waals surface area (Å²) >= 11 is 0. The van der Waals surface area contributed by atoms with E-state index in [1.54, 1.807) is 0 Å². The van der Waals surface area contributed by atoms with Crippen LogP contribution in [0.25, 0.3) is 0 Å². The van der Waals surface area contributed by atoms with Gasteiger partial charge in [0.05, 0.1) is 5.71 Å². The minimum absolute atomic E-state index is 0.655. The summed E-state index contributed by atoms with van der Waals surface area (Å²) in [6.45, 7) is 3.80. The van der Waals surface area contributed by atoms with Gasteiger partial charge in [0.15, 0.2) is 0 Å². The first-order valence-corrected chi connectivity index (χ1v) is 4.27. The summed E-state index contributed by atoms with van der Waals surface area (Å²) in [7, 11) is 0. The second kappa shape index (κ2) is 4.41. The first kappa shape index (κ1) is 10.2. The number of rotatable bonds is 2. The third-order valence-corrected chi connectivity index (χ3v) is 1.87. The summed E-state index contributed by atoms with van der Waals surface area (Å²) in [5.74, 6) is 0. The Hall–Kier alpha value is -1.84. The van der Waals surface area contributed by atoms with E-state index in [1.165, 1.54) is 0 Å². The van der Waals surface area contributed by atoms with Crippen LogP contribution in [-0.2, 0) is 0 Å². The molecule has 0 heterocycles. The zero-order valence-corrected chi connectivity index (χ0v) is 8.24. The maximum Gasteiger partial charge on any atom is 0.332 e. The van der Waals surface area contributed by atoms with Crippen LogP contribution < -0.4 is 11.2 Å². The molecule has 0 aliphatic heterocycles. The van der Waals surface area contributed by atoms with E-state index >= 15 is 0 Å². The standard InChI is InChI=1S/C10H13N3O/c1-7-5-3-4-6-9(7)8(2)12-13-10(11)14/h3-6H,1-2H3,(H3,11,13,14)/b12-8-. The minimum atomic E-state index is -0.655. The second-order valence-electron chi connectivity index (χ2n) is 2.99. The lowest BCUT2D eigenvalue weighted by Crippen LogP contribution is -2.25. The Morgan fingerprint density at radius 3 is 2.64 bits per heavy atom. The monoisotopic (exact) mass is 191 g/mol. The van der Waals surface area contributed by atoms with Gasteiger partial charge >= 0.3 is 6.03 Å². The van der Waals surface area contributed by atoms with Gasteiger partial charge in [0.2, 0.25) is 0 Å². The van der Waals surface area contributed by atoms with Crippen molar-refractivity contribution in [2.75, 3.05) is 0 Å². The minimum Gasteiger partial charge on any atom is -0.350 e. The van der Waals surface area contributed by atoms with Crippen molar-refractivity contribution in [2.45, 2.75) is 13.8 Å². The van der Waals surface area contributed by atoms with E-state index in [-0.39, 0.29) is 0 Å². The number of nitrogens with one attached hydrogen (secondary N) is 1. The summed E-state index contributed by atoms with van der Waals surface area (Å²) in [6.07, 6.45) is 0. The molecule has 0 aliphatic rings. The lowest BCUT2D eigenvalue weighted by molar-refractivity contribution is 0.249. The highest BCUT2D eigenvalue weighted by Gasteiger charge is 2.00. The van der Waals surface area contributed by atoms with E-state index < -0.39 is 6.03 Å². The van der Waals surface area contributed by atoms with E-state index in [0.29, 0.717) is 0 Å². The Kier molecular flexibility index (Phi) is 3.23. The third kappa shape index (κ3) is 2.58. The average Bonchev–Trinajstić information content (AvgIpc) is 2.15. The van der Waals surface area contributed by atoms with Gasteiger partial charge in [-0.15, -0.1) is 0 Å². The normalized spacial score (nSPS) is 11.1. The molecular formula is C10H13N3O. The molecule has 0 unspecified atom stereocenters. The van der Waals surface area contributed by atoms with Crippen LogP contribution in [0.15, 0.2) is 29.4 Å². The van der Waals surface area contributed by atoms with Crippen LogP contribution in [0, 0.1) is 6.92 Å². The quantitative estimate of drug-likeness (QED) is 0.538. The predicted octanol–water partition coefficient (Wildman–Crippen LogP) is 1.39. The molecule has 74 valence electrons. The van der Waals surface area contributed by atoms with Gasteiger partial charge in [-0.3, -0.25) is 0 Å². The highest BCUT2D eigenvalue weighted by Crippen LogP contribution is 2.07. The number of nitrogens with zero attached hydrogens (tertiary/aromatic N) is 1. The molecule has 0 aromatic heterocycles. The number of carbonyl (C=O) groups is 1. The molecule has 1 rings (SSSR count). The van der Waals surface area contributed by atoms with Gasteiger partial charge in [0, 0.05) is 5.56 Å². The van der Waals surface area contributed by atoms with E-state index in [2.05, 4.69) is 10.5 Å². The molecule has 0 bridgehead atoms. The fourth-order valence-corrected chi connectivity index (χ4v) is 1.18. The van der Waals surface area contributed by atoms with Gasteiger partial charge < -0.3 is 5.73 Å². The van der Waals surface area contributed by atoms with Crippen molar-refractivity contribution in [3.05, 3.63) is 35.4 Å². The van der Waals surface area contributed by atoms with Crippen molar-refractivity contribution in [1.82, 2.24) is 5.43 Å². The maximum absolute atomic E-state index is 10.4. The van der Waals surface area contributed by atoms with Crippen LogP contribution in [0.3, 0.4) is 0 Å². The van der Waals surface area contributed by atoms with Crippen molar-refractivity contribution in [1.29, 1.82) is 0 Å². The number of urea groups is 1. The Morgan fingerprint density at radius 1 is 1.43 bits per heavy atom. The van der Waals surface area contributed by atoms with Crippen LogP contribution in [0.2, 0.25) is 0 Å². The highest BCUT2D eigenvalue weighted by molar-refractivity contribution is 6.00. The van der Waals surface area contributed by atoms with Crippen molar-refractivity contribution >= 4 is 11.7 Å². The number of primary amides is 1. The van der Waals surface area contributed by atoms with E-state index in [0.717, 1.165) is 16.8 Å². The Balaban J connectivity index is 2.89. The molecule has 0 atom stereocenters. The van der Waals surface area contributed by atoms with Gasteiger partial charge in [-0.25, -0.2) is 10.2 Å². The van der Waals surface area contributed by atoms with Crippen LogP contribution in [0.5, 0.6) is 0 Å². The number of hydrogen-bond acceptors (Lipinski definition) is 2. The highest BCUT2D eigenvalue weighted by atomic mass is 16.2. The number of hydrazone groups is 1. The van der Waals surface area contributed by atoms with Gasteiger partial charge in [0.25, 0.3) is 0 Å². The molecule has 2 amide bonds. The van der Waals surface area contributed by atoms with E-state index in [4.69, 9.17) is 5.73 Å². The second-order valence-corrected chi connectivity index (χ2v) is 2.99. The maximum atomic E-state index is 10.4. The number of carbonyl (C=O) groups excluding carboxylic acids is 1. The van der Waals surface area contributed by atoms with Crippen LogP contribution in [0.4, 0.5) is 4.79 Å². The number of amides is 2. The van der Waals surface area contributed by atoms with Crippen molar-refractivity contribution in [3.8, 4) is 0 Å². The molecule has 4 heteroatoms. The van der Waals surface area contributed by atoms with Gasteiger partial charge in [0.1, 0.15) is 0 Å². The van der Waals surface area contributed by atoms with Gasteiger partial charge in [-0.2, -0.15) is 5.10 Å². The molecule has 0 fully saturated rings. The number of nitrogens with two attached hydrogens (primary N) is 1. The summed E-state index contributed by atoms with van der Waals surface area (Å²) in [5.41, 5.74) is 9.95. The lowest BCUT2D eigenvalue weighted by Gasteiger charge is -2.04. The number of benzene rings is 1. The molecule has 1 aromatic rings. The van der Waals surface area contributed by atoms with E-state index in [9.17, 15) is 4.79 Å². The molecule has 0 saturated heterocycles. The predicted molar refractivity (Wildman–Crippen MR) is 56.1 cm³/mol. The Morgan fingerprint density at radius 2 is 2.07 bits per heavy atom. The molecule has 0 aliphatic carbocycles. The summed E-state index contributed by atoms with van der Waals surface area (Å²) < 4.78 is 0. The molecule has 3 N–H and O–H groups in total. The summed E-state index contributed by atoms with van der Waals surface area (Å²) in [4.78, 5) is 10.4. The zero-order valence-electron chi connectivity index (χ0n) is 8.24. The van der Waals surface area contributed by atoms with Crippen LogP contribution >= 0.6 is 0 Å². The Labute approximate surface area is 82.8 Å². The average molecular weight is 191 g/mol. The molecule has 0 radical (unpaired) electrons. The third-order valence-electron chi connectivity index (χ3n) is 1.87. The van der Waals surface area contributed by atoms with Crippen molar-refractivity contribution < 1.29 is 4.79 Å².